The number of unbranched alkanes of at least 4 members (excludes halogenated alkanes) is 1. The van der Waals surface area contributed by atoms with Gasteiger partial charge in [0.15, 0.2) is 0 Å². The Labute approximate surface area is 85.2 Å². The van der Waals surface area contributed by atoms with Gasteiger partial charge >= 0.3 is 0 Å². The van der Waals surface area contributed by atoms with Crippen LogP contribution in [0.5, 0.6) is 0 Å². The van der Waals surface area contributed by atoms with E-state index in [1.807, 2.05) is 13.1 Å². The molecule has 0 bridgehead atoms. The Morgan fingerprint density at radius 1 is 1.43 bits per heavy atom. The Morgan fingerprint density at radius 3 is 3.00 bits per heavy atom. The summed E-state index contributed by atoms with van der Waals surface area (Å²) in [6, 6.07) is 1.90. The number of hydrogen-bond acceptors (Lipinski definition) is 4. The lowest BCUT2D eigenvalue weighted by atomic mass is 10.3. The number of hydrogen-bond donors (Lipinski definition) is 2. The molecule has 78 valence electrons. The average Bonchev–Trinajstić information content (AvgIpc) is 2.19. The minimum Gasteiger partial charge on any atom is -0.370 e. The van der Waals surface area contributed by atoms with Crippen molar-refractivity contribution in [2.45, 2.75) is 26.3 Å². The summed E-state index contributed by atoms with van der Waals surface area (Å²) in [6.45, 7) is 3.86. The van der Waals surface area contributed by atoms with Gasteiger partial charge < -0.3 is 10.6 Å². The van der Waals surface area contributed by atoms with E-state index in [1.54, 1.807) is 6.20 Å². The van der Waals surface area contributed by atoms with Gasteiger partial charge in [-0.25, -0.2) is 9.97 Å². The van der Waals surface area contributed by atoms with Gasteiger partial charge in [0.2, 0.25) is 0 Å². The van der Waals surface area contributed by atoms with Gasteiger partial charge in [0.05, 0.1) is 6.54 Å². The van der Waals surface area contributed by atoms with E-state index in [0.29, 0.717) is 6.54 Å². The maximum absolute atomic E-state index is 4.35. The summed E-state index contributed by atoms with van der Waals surface area (Å²) in [5.74, 6) is 1.74. The van der Waals surface area contributed by atoms with E-state index in [2.05, 4.69) is 27.5 Å². The fourth-order valence-corrected chi connectivity index (χ4v) is 1.13. The maximum Gasteiger partial charge on any atom is 0.144 e. The average molecular weight is 194 g/mol. The van der Waals surface area contributed by atoms with E-state index in [9.17, 15) is 0 Å². The molecule has 1 heterocycles. The molecule has 4 nitrogen and oxygen atoms in total. The molecule has 2 N–H and O–H groups in total. The van der Waals surface area contributed by atoms with Crippen molar-refractivity contribution in [2.24, 2.45) is 0 Å². The third kappa shape index (κ3) is 3.70. The first-order valence-corrected chi connectivity index (χ1v) is 5.07. The summed E-state index contributed by atoms with van der Waals surface area (Å²) >= 11 is 0. The van der Waals surface area contributed by atoms with E-state index in [1.165, 1.54) is 12.8 Å². The zero-order valence-electron chi connectivity index (χ0n) is 8.88. The molecule has 0 saturated carbocycles. The largest absolute Gasteiger partial charge is 0.370 e. The summed E-state index contributed by atoms with van der Waals surface area (Å²) in [5.41, 5.74) is 0. The molecule has 0 aliphatic rings. The van der Waals surface area contributed by atoms with Gasteiger partial charge in [0, 0.05) is 12.7 Å². The van der Waals surface area contributed by atoms with E-state index < -0.39 is 0 Å². The van der Waals surface area contributed by atoms with Crippen molar-refractivity contribution >= 4 is 5.82 Å². The van der Waals surface area contributed by atoms with Crippen LogP contribution in [0.3, 0.4) is 0 Å². The third-order valence-electron chi connectivity index (χ3n) is 1.88. The molecule has 0 aliphatic heterocycles. The SMILES string of the molecule is CCCCNc1ccnc(CNC)n1. The van der Waals surface area contributed by atoms with Crippen LogP contribution in [-0.2, 0) is 6.54 Å². The molecular formula is C10H18N4. The Hall–Kier alpha value is -1.16. The van der Waals surface area contributed by atoms with Gasteiger partial charge in [0.25, 0.3) is 0 Å². The summed E-state index contributed by atoms with van der Waals surface area (Å²) in [4.78, 5) is 8.49. The number of nitrogens with one attached hydrogen (secondary N) is 2. The quantitative estimate of drug-likeness (QED) is 0.672. The van der Waals surface area contributed by atoms with Crippen molar-refractivity contribution in [3.05, 3.63) is 18.1 Å². The first kappa shape index (κ1) is 10.9. The molecule has 0 radical (unpaired) electrons. The number of nitrogens with zero attached hydrogens (tertiary/aromatic N) is 2. The van der Waals surface area contributed by atoms with Crippen molar-refractivity contribution < 1.29 is 0 Å². The van der Waals surface area contributed by atoms with Crippen LogP contribution < -0.4 is 10.6 Å². The lowest BCUT2D eigenvalue weighted by molar-refractivity contribution is 0.756. The fraction of sp³-hybridized carbons (Fsp3) is 0.600. The molecule has 0 unspecified atom stereocenters. The first-order valence-electron chi connectivity index (χ1n) is 5.07. The van der Waals surface area contributed by atoms with Crippen LogP contribution in [0.4, 0.5) is 5.82 Å². The smallest absolute Gasteiger partial charge is 0.144 e. The lowest BCUT2D eigenvalue weighted by Gasteiger charge is -2.05. The second-order valence-corrected chi connectivity index (χ2v) is 3.17. The minimum absolute atomic E-state index is 0.712. The molecule has 0 atom stereocenters. The molecule has 1 aromatic rings. The van der Waals surface area contributed by atoms with Crippen LogP contribution in [0.1, 0.15) is 25.6 Å². The Balaban J connectivity index is 2.46. The van der Waals surface area contributed by atoms with Crippen LogP contribution in [-0.4, -0.2) is 23.6 Å². The van der Waals surface area contributed by atoms with E-state index >= 15 is 0 Å². The van der Waals surface area contributed by atoms with Gasteiger partial charge in [-0.05, 0) is 19.5 Å². The Morgan fingerprint density at radius 2 is 2.29 bits per heavy atom. The van der Waals surface area contributed by atoms with Gasteiger partial charge in [-0.15, -0.1) is 0 Å². The Bertz CT molecular complexity index is 262. The van der Waals surface area contributed by atoms with E-state index in [-0.39, 0.29) is 0 Å². The lowest BCUT2D eigenvalue weighted by Crippen LogP contribution is -2.11. The van der Waals surface area contributed by atoms with Crippen molar-refractivity contribution in [2.75, 3.05) is 18.9 Å². The summed E-state index contributed by atoms with van der Waals surface area (Å²) in [7, 11) is 1.89. The molecule has 4 heteroatoms. The molecule has 0 aromatic carbocycles. The van der Waals surface area contributed by atoms with Gasteiger partial charge in [-0.1, -0.05) is 13.3 Å². The van der Waals surface area contributed by atoms with Crippen molar-refractivity contribution in [3.63, 3.8) is 0 Å². The van der Waals surface area contributed by atoms with Gasteiger partial charge in [0.1, 0.15) is 11.6 Å². The molecule has 0 aliphatic carbocycles. The molecule has 14 heavy (non-hydrogen) atoms. The highest BCUT2D eigenvalue weighted by atomic mass is 15.0. The number of aromatic nitrogens is 2. The van der Waals surface area contributed by atoms with E-state index in [0.717, 1.165) is 18.2 Å². The molecular weight excluding hydrogens is 176 g/mol. The molecule has 1 aromatic heterocycles. The van der Waals surface area contributed by atoms with E-state index in [4.69, 9.17) is 0 Å². The second kappa shape index (κ2) is 6.32. The van der Waals surface area contributed by atoms with Crippen LogP contribution in [0.15, 0.2) is 12.3 Å². The molecule has 0 fully saturated rings. The normalized spacial score (nSPS) is 10.1. The predicted molar refractivity (Wildman–Crippen MR) is 58.2 cm³/mol. The standard InChI is InChI=1S/C10H18N4/c1-3-4-6-12-9-5-7-13-10(14-9)8-11-2/h5,7,11H,3-4,6,8H2,1-2H3,(H,12,13,14). The summed E-state index contributed by atoms with van der Waals surface area (Å²) in [6.07, 6.45) is 4.15. The van der Waals surface area contributed by atoms with Crippen molar-refractivity contribution in [3.8, 4) is 0 Å². The fourth-order valence-electron chi connectivity index (χ4n) is 1.13. The minimum atomic E-state index is 0.712. The summed E-state index contributed by atoms with van der Waals surface area (Å²) < 4.78 is 0. The third-order valence-corrected chi connectivity index (χ3v) is 1.88. The van der Waals surface area contributed by atoms with Crippen molar-refractivity contribution in [1.29, 1.82) is 0 Å². The number of anilines is 1. The molecule has 0 saturated heterocycles. The summed E-state index contributed by atoms with van der Waals surface area (Å²) in [5, 5.41) is 6.29. The zero-order valence-corrected chi connectivity index (χ0v) is 8.88. The molecule has 0 amide bonds. The first-order chi connectivity index (χ1) is 6.86. The topological polar surface area (TPSA) is 49.8 Å². The maximum atomic E-state index is 4.35. The van der Waals surface area contributed by atoms with Gasteiger partial charge in [-0.3, -0.25) is 0 Å². The van der Waals surface area contributed by atoms with Gasteiger partial charge in [-0.2, -0.15) is 0 Å². The van der Waals surface area contributed by atoms with Crippen LogP contribution >= 0.6 is 0 Å². The number of rotatable bonds is 6. The second-order valence-electron chi connectivity index (χ2n) is 3.17. The zero-order chi connectivity index (χ0) is 10.2. The van der Waals surface area contributed by atoms with Crippen LogP contribution in [0.2, 0.25) is 0 Å². The molecule has 1 rings (SSSR count). The van der Waals surface area contributed by atoms with Crippen molar-refractivity contribution in [1.82, 2.24) is 15.3 Å². The monoisotopic (exact) mass is 194 g/mol. The highest BCUT2D eigenvalue weighted by Crippen LogP contribution is 2.02. The Kier molecular flexibility index (Phi) is 4.93. The highest BCUT2D eigenvalue weighted by molar-refractivity contribution is 5.32. The molecule has 0 spiro atoms. The highest BCUT2D eigenvalue weighted by Gasteiger charge is 1.96. The van der Waals surface area contributed by atoms with Crippen LogP contribution in [0, 0.1) is 0 Å². The van der Waals surface area contributed by atoms with Crippen LogP contribution in [0.25, 0.3) is 0 Å². The predicted octanol–water partition coefficient (Wildman–Crippen LogP) is 1.41.